The first-order chi connectivity index (χ1) is 18.2. The predicted octanol–water partition coefficient (Wildman–Crippen LogP) is 5.41. The highest BCUT2D eigenvalue weighted by molar-refractivity contribution is 5.84. The molecule has 3 heterocycles. The molecule has 38 heavy (non-hydrogen) atoms. The summed E-state index contributed by atoms with van der Waals surface area (Å²) < 4.78 is 36.5. The van der Waals surface area contributed by atoms with Crippen LogP contribution in [0.4, 0.5) is 8.78 Å². The monoisotopic (exact) mass is 514 g/mol. The Kier molecular flexibility index (Phi) is 6.80. The quantitative estimate of drug-likeness (QED) is 0.443. The number of cyclic esters (lactones) is 1. The van der Waals surface area contributed by atoms with Gasteiger partial charge in [0.1, 0.15) is 11.6 Å². The van der Waals surface area contributed by atoms with Crippen LogP contribution in [0.25, 0.3) is 17.2 Å². The summed E-state index contributed by atoms with van der Waals surface area (Å²) in [7, 11) is 0. The van der Waals surface area contributed by atoms with Crippen LogP contribution >= 0.6 is 0 Å². The average Bonchev–Trinajstić information content (AvgIpc) is 3.17. The van der Waals surface area contributed by atoms with Gasteiger partial charge in [-0.15, -0.1) is 0 Å². The van der Waals surface area contributed by atoms with Crippen molar-refractivity contribution in [3.8, 4) is 17.2 Å². The van der Waals surface area contributed by atoms with E-state index in [4.69, 9.17) is 4.74 Å². The number of nitriles is 1. The number of nitrogens with zero attached hydrogens (tertiary/aromatic N) is 3. The molecule has 1 aromatic carbocycles. The van der Waals surface area contributed by atoms with E-state index in [1.807, 2.05) is 24.3 Å². The minimum atomic E-state index is -3.09. The fourth-order valence-corrected chi connectivity index (χ4v) is 5.84. The summed E-state index contributed by atoms with van der Waals surface area (Å²) in [5, 5.41) is 12.5. The van der Waals surface area contributed by atoms with Gasteiger partial charge in [-0.25, -0.2) is 8.78 Å². The number of fused-ring (bicyclic) bond motifs is 1. The highest BCUT2D eigenvalue weighted by atomic mass is 19.3. The van der Waals surface area contributed by atoms with Crippen molar-refractivity contribution in [2.45, 2.75) is 44.4 Å². The summed E-state index contributed by atoms with van der Waals surface area (Å²) in [5.41, 5.74) is 1.83. The maximum atomic E-state index is 15.5. The Bertz CT molecular complexity index is 1390. The van der Waals surface area contributed by atoms with Crippen LogP contribution in [0.15, 0.2) is 73.1 Å². The summed E-state index contributed by atoms with van der Waals surface area (Å²) in [4.78, 5) is 21.8. The van der Waals surface area contributed by atoms with Crippen molar-refractivity contribution in [1.29, 1.82) is 5.26 Å². The summed E-state index contributed by atoms with van der Waals surface area (Å²) in [5.74, 6) is -5.88. The van der Waals surface area contributed by atoms with Gasteiger partial charge < -0.3 is 4.74 Å². The smallest absolute Gasteiger partial charge is 0.327 e. The highest BCUT2D eigenvalue weighted by Crippen LogP contribution is 2.55. The van der Waals surface area contributed by atoms with Gasteiger partial charge in [-0.05, 0) is 43.2 Å². The number of benzene rings is 1. The first-order valence-electron chi connectivity index (χ1n) is 12.6. The van der Waals surface area contributed by atoms with Crippen molar-refractivity contribution < 1.29 is 18.3 Å². The number of esters is 1. The molecule has 3 aromatic rings. The van der Waals surface area contributed by atoms with Gasteiger partial charge in [-0.3, -0.25) is 20.1 Å². The van der Waals surface area contributed by atoms with Crippen LogP contribution < -0.4 is 5.32 Å². The maximum Gasteiger partial charge on any atom is 0.327 e. The van der Waals surface area contributed by atoms with Crippen LogP contribution in [0, 0.1) is 29.1 Å². The first-order valence-corrected chi connectivity index (χ1v) is 12.6. The Balaban J connectivity index is 1.44. The number of carbonyl (C=O) groups excluding carboxylic acids is 1. The molecule has 0 spiro atoms. The van der Waals surface area contributed by atoms with Crippen LogP contribution in [0.1, 0.15) is 37.2 Å². The third kappa shape index (κ3) is 4.59. The van der Waals surface area contributed by atoms with Crippen LogP contribution in [-0.2, 0) is 16.1 Å². The molecular weight excluding hydrogens is 486 g/mol. The second-order valence-corrected chi connectivity index (χ2v) is 10.1. The molecule has 0 amide bonds. The zero-order chi connectivity index (χ0) is 26.9. The number of pyridine rings is 2. The van der Waals surface area contributed by atoms with E-state index >= 15 is 8.78 Å². The van der Waals surface area contributed by atoms with Crippen LogP contribution in [-0.4, -0.2) is 33.5 Å². The van der Waals surface area contributed by atoms with E-state index in [-0.39, 0.29) is 6.54 Å². The molecule has 5 rings (SSSR count). The van der Waals surface area contributed by atoms with Crippen molar-refractivity contribution >= 4 is 12.0 Å². The molecule has 1 aliphatic carbocycles. The van der Waals surface area contributed by atoms with E-state index in [1.54, 1.807) is 61.8 Å². The molecule has 2 aliphatic rings. The van der Waals surface area contributed by atoms with Crippen molar-refractivity contribution in [1.82, 2.24) is 15.3 Å². The Morgan fingerprint density at radius 3 is 2.63 bits per heavy atom. The molecule has 2 fully saturated rings. The number of alkyl halides is 2. The third-order valence-electron chi connectivity index (χ3n) is 7.85. The molecule has 1 saturated heterocycles. The Labute approximate surface area is 220 Å². The van der Waals surface area contributed by atoms with E-state index in [0.717, 1.165) is 11.1 Å². The lowest BCUT2D eigenvalue weighted by Crippen LogP contribution is -2.64. The largest absolute Gasteiger partial charge is 0.461 e. The number of aromatic nitrogens is 2. The van der Waals surface area contributed by atoms with E-state index < -0.39 is 47.7 Å². The molecule has 6 nitrogen and oxygen atoms in total. The highest BCUT2D eigenvalue weighted by Gasteiger charge is 2.67. The van der Waals surface area contributed by atoms with E-state index in [0.29, 0.717) is 17.0 Å². The van der Waals surface area contributed by atoms with Gasteiger partial charge in [0.25, 0.3) is 5.92 Å². The molecule has 1 N–H and O–H groups in total. The lowest BCUT2D eigenvalue weighted by atomic mass is 9.60. The third-order valence-corrected chi connectivity index (χ3v) is 7.85. The average molecular weight is 515 g/mol. The van der Waals surface area contributed by atoms with E-state index in [1.165, 1.54) is 6.92 Å². The van der Waals surface area contributed by atoms with Crippen molar-refractivity contribution in [3.63, 3.8) is 0 Å². The molecular formula is C30H28F2N4O2. The number of ether oxygens (including phenoxy) is 1. The molecule has 0 radical (unpaired) electrons. The van der Waals surface area contributed by atoms with Crippen molar-refractivity contribution in [2.75, 3.05) is 0 Å². The molecule has 0 unspecified atom stereocenters. The summed E-state index contributed by atoms with van der Waals surface area (Å²) in [6.45, 7) is 3.47. The van der Waals surface area contributed by atoms with Gasteiger partial charge in [0.05, 0.1) is 23.0 Å². The standard InChI is InChI=1S/C30H28F2N4O2/c1-19-25(13-12-23-11-10-22(16-35-23)26-9-4-3-7-21(26)15-33)27-20(2)38-28(37)29(27,18-30(19,31)32)36-17-24-8-5-6-14-34-24/h3-14,16,19-20,25,27,36H,17-18H2,1-2H3/b13-12+/t19-,20+,25-,27-,29-/m0/s1. The molecule has 1 saturated carbocycles. The fourth-order valence-electron chi connectivity index (χ4n) is 5.84. The van der Waals surface area contributed by atoms with Crippen molar-refractivity contribution in [3.05, 3.63) is 90.0 Å². The normalized spacial score (nSPS) is 28.0. The Hall–Kier alpha value is -3.96. The number of hydrogen-bond acceptors (Lipinski definition) is 6. The van der Waals surface area contributed by atoms with Gasteiger partial charge in [-0.2, -0.15) is 5.26 Å². The maximum absolute atomic E-state index is 15.5. The minimum absolute atomic E-state index is 0.174. The topological polar surface area (TPSA) is 87.9 Å². The minimum Gasteiger partial charge on any atom is -0.461 e. The zero-order valence-electron chi connectivity index (χ0n) is 21.1. The fraction of sp³-hybridized carbons (Fsp3) is 0.333. The lowest BCUT2D eigenvalue weighted by Gasteiger charge is -2.48. The van der Waals surface area contributed by atoms with E-state index in [2.05, 4.69) is 21.4 Å². The van der Waals surface area contributed by atoms with Gasteiger partial charge in [-0.1, -0.05) is 43.3 Å². The number of nitrogens with one attached hydrogen (secondary N) is 1. The van der Waals surface area contributed by atoms with Gasteiger partial charge in [0, 0.05) is 48.3 Å². The number of hydrogen-bond donors (Lipinski definition) is 1. The number of halogens is 2. The lowest BCUT2D eigenvalue weighted by molar-refractivity contribution is -0.160. The van der Waals surface area contributed by atoms with Gasteiger partial charge in [0.2, 0.25) is 0 Å². The SMILES string of the molecule is C[C@H]1OC(=O)[C@]2(NCc3ccccn3)CC(F)(F)[C@@H](C)[C@H](/C=C/c3ccc(-c4ccccc4C#N)cn3)[C@H]12. The molecule has 8 heteroatoms. The molecule has 5 atom stereocenters. The Morgan fingerprint density at radius 2 is 1.92 bits per heavy atom. The Morgan fingerprint density at radius 1 is 1.13 bits per heavy atom. The molecule has 2 aromatic heterocycles. The number of rotatable bonds is 6. The summed E-state index contributed by atoms with van der Waals surface area (Å²) in [6, 6.07) is 18.5. The van der Waals surface area contributed by atoms with Gasteiger partial charge >= 0.3 is 5.97 Å². The van der Waals surface area contributed by atoms with E-state index in [9.17, 15) is 10.1 Å². The zero-order valence-corrected chi connectivity index (χ0v) is 21.1. The second-order valence-electron chi connectivity index (χ2n) is 10.1. The molecule has 0 bridgehead atoms. The molecule has 1 aliphatic heterocycles. The molecule has 194 valence electrons. The second kappa shape index (κ2) is 10.1. The first kappa shape index (κ1) is 25.7. The van der Waals surface area contributed by atoms with Crippen LogP contribution in [0.2, 0.25) is 0 Å². The van der Waals surface area contributed by atoms with Crippen molar-refractivity contribution in [2.24, 2.45) is 17.8 Å². The van der Waals surface area contributed by atoms with Crippen LogP contribution in [0.5, 0.6) is 0 Å². The summed E-state index contributed by atoms with van der Waals surface area (Å²) in [6.07, 6.45) is 5.59. The van der Waals surface area contributed by atoms with Crippen LogP contribution in [0.3, 0.4) is 0 Å². The number of allylic oxidation sites excluding steroid dienone is 1. The predicted molar refractivity (Wildman–Crippen MR) is 138 cm³/mol. The van der Waals surface area contributed by atoms with Gasteiger partial charge in [0.15, 0.2) is 0 Å². The summed E-state index contributed by atoms with van der Waals surface area (Å²) >= 11 is 0. The number of carbonyl (C=O) groups is 1.